The fourth-order valence-electron chi connectivity index (χ4n) is 3.96. The standard InChI is InChI=1S/C23H28N2O3/c1-23(2,3)21(20-14-16-6-4-5-7-19(16)28-20)24-18-8-11-25(12-9-18)22(26)17-10-13-27-15-17/h4-7,10,13-15,18,21,24H,8-9,11-12H2,1-3H3/t21-/m1/s1. The highest BCUT2D eigenvalue weighted by atomic mass is 16.3. The molecule has 5 heteroatoms. The molecule has 1 N–H and O–H groups in total. The number of hydrogen-bond donors (Lipinski definition) is 1. The van der Waals surface area contributed by atoms with Crippen molar-refractivity contribution in [3.8, 4) is 0 Å². The first-order valence-electron chi connectivity index (χ1n) is 9.98. The summed E-state index contributed by atoms with van der Waals surface area (Å²) in [6.07, 6.45) is 4.92. The topological polar surface area (TPSA) is 58.6 Å². The SMILES string of the molecule is CC(C)(C)[C@H](NC1CCN(C(=O)c2ccoc2)CC1)c1cc2ccccc2o1. The van der Waals surface area contributed by atoms with E-state index in [1.54, 1.807) is 12.3 Å². The van der Waals surface area contributed by atoms with E-state index in [2.05, 4.69) is 38.2 Å². The van der Waals surface area contributed by atoms with Crippen LogP contribution in [-0.2, 0) is 0 Å². The quantitative estimate of drug-likeness (QED) is 0.691. The van der Waals surface area contributed by atoms with Crippen molar-refractivity contribution >= 4 is 16.9 Å². The smallest absolute Gasteiger partial charge is 0.257 e. The summed E-state index contributed by atoms with van der Waals surface area (Å²) in [5, 5.41) is 4.95. The van der Waals surface area contributed by atoms with E-state index in [-0.39, 0.29) is 17.4 Å². The fourth-order valence-corrected chi connectivity index (χ4v) is 3.96. The molecular weight excluding hydrogens is 352 g/mol. The minimum Gasteiger partial charge on any atom is -0.472 e. The predicted molar refractivity (Wildman–Crippen MR) is 109 cm³/mol. The summed E-state index contributed by atoms with van der Waals surface area (Å²) in [6.45, 7) is 8.19. The Balaban J connectivity index is 1.44. The molecule has 4 rings (SSSR count). The zero-order valence-corrected chi connectivity index (χ0v) is 16.8. The van der Waals surface area contributed by atoms with Crippen LogP contribution in [0.25, 0.3) is 11.0 Å². The van der Waals surface area contributed by atoms with Crippen LogP contribution >= 0.6 is 0 Å². The van der Waals surface area contributed by atoms with Gasteiger partial charge in [-0.1, -0.05) is 39.0 Å². The summed E-state index contributed by atoms with van der Waals surface area (Å²) < 4.78 is 11.2. The summed E-state index contributed by atoms with van der Waals surface area (Å²) in [7, 11) is 0. The summed E-state index contributed by atoms with van der Waals surface area (Å²) in [4.78, 5) is 14.4. The maximum Gasteiger partial charge on any atom is 0.257 e. The molecule has 1 saturated heterocycles. The van der Waals surface area contributed by atoms with Gasteiger partial charge in [-0.3, -0.25) is 4.79 Å². The van der Waals surface area contributed by atoms with Gasteiger partial charge in [0.2, 0.25) is 0 Å². The first-order chi connectivity index (χ1) is 13.4. The van der Waals surface area contributed by atoms with Crippen LogP contribution in [0.1, 0.15) is 55.8 Å². The van der Waals surface area contributed by atoms with Crippen LogP contribution in [0.3, 0.4) is 0 Å². The highest BCUT2D eigenvalue weighted by molar-refractivity contribution is 5.93. The highest BCUT2D eigenvalue weighted by Crippen LogP contribution is 2.36. The summed E-state index contributed by atoms with van der Waals surface area (Å²) in [5.74, 6) is 1.03. The van der Waals surface area contributed by atoms with E-state index in [0.29, 0.717) is 11.6 Å². The number of para-hydroxylation sites is 1. The molecule has 0 aliphatic carbocycles. The third-order valence-corrected chi connectivity index (χ3v) is 5.55. The van der Waals surface area contributed by atoms with Gasteiger partial charge in [0, 0.05) is 24.5 Å². The Labute approximate surface area is 165 Å². The number of fused-ring (bicyclic) bond motifs is 1. The third-order valence-electron chi connectivity index (χ3n) is 5.55. The predicted octanol–water partition coefficient (Wildman–Crippen LogP) is 5.01. The van der Waals surface area contributed by atoms with E-state index in [4.69, 9.17) is 8.83 Å². The fraction of sp³-hybridized carbons (Fsp3) is 0.435. The number of nitrogens with one attached hydrogen (secondary N) is 1. The van der Waals surface area contributed by atoms with Crippen molar-refractivity contribution in [2.24, 2.45) is 5.41 Å². The van der Waals surface area contributed by atoms with Crippen molar-refractivity contribution in [2.75, 3.05) is 13.1 Å². The van der Waals surface area contributed by atoms with Crippen molar-refractivity contribution in [1.29, 1.82) is 0 Å². The van der Waals surface area contributed by atoms with Crippen molar-refractivity contribution in [1.82, 2.24) is 10.2 Å². The van der Waals surface area contributed by atoms with Crippen molar-refractivity contribution in [3.63, 3.8) is 0 Å². The van der Waals surface area contributed by atoms with Crippen molar-refractivity contribution < 1.29 is 13.6 Å². The normalized spacial score (nSPS) is 17.2. The number of piperidine rings is 1. The number of carbonyl (C=O) groups is 1. The van der Waals surface area contributed by atoms with Gasteiger partial charge < -0.3 is 19.1 Å². The molecule has 0 bridgehead atoms. The number of rotatable bonds is 4. The summed E-state index contributed by atoms with van der Waals surface area (Å²) in [6, 6.07) is 12.5. The molecule has 148 valence electrons. The number of furan rings is 2. The van der Waals surface area contributed by atoms with E-state index in [9.17, 15) is 4.79 Å². The lowest BCUT2D eigenvalue weighted by Crippen LogP contribution is -2.47. The monoisotopic (exact) mass is 380 g/mol. The van der Waals surface area contributed by atoms with E-state index in [1.807, 2.05) is 23.1 Å². The Bertz CT molecular complexity index is 895. The zero-order chi connectivity index (χ0) is 19.7. The van der Waals surface area contributed by atoms with Crippen LogP contribution in [0.15, 0.2) is 57.8 Å². The number of amides is 1. The minimum atomic E-state index is 0.0115. The molecule has 0 saturated carbocycles. The molecule has 3 heterocycles. The van der Waals surface area contributed by atoms with Gasteiger partial charge >= 0.3 is 0 Å². The molecular formula is C23H28N2O3. The molecule has 0 unspecified atom stereocenters. The molecule has 0 radical (unpaired) electrons. The van der Waals surface area contributed by atoms with E-state index >= 15 is 0 Å². The van der Waals surface area contributed by atoms with E-state index in [1.165, 1.54) is 6.26 Å². The maximum absolute atomic E-state index is 12.5. The largest absolute Gasteiger partial charge is 0.472 e. The molecule has 1 atom stereocenters. The van der Waals surface area contributed by atoms with Crippen LogP contribution in [0.2, 0.25) is 0 Å². The van der Waals surface area contributed by atoms with Crippen molar-refractivity contribution in [2.45, 2.75) is 45.7 Å². The Morgan fingerprint density at radius 2 is 1.93 bits per heavy atom. The third kappa shape index (κ3) is 3.85. The lowest BCUT2D eigenvalue weighted by atomic mass is 9.84. The number of carbonyl (C=O) groups excluding carboxylic acids is 1. The lowest BCUT2D eigenvalue weighted by Gasteiger charge is -2.38. The number of likely N-dealkylation sites (tertiary alicyclic amines) is 1. The molecule has 28 heavy (non-hydrogen) atoms. The summed E-state index contributed by atoms with van der Waals surface area (Å²) >= 11 is 0. The molecule has 1 fully saturated rings. The number of hydrogen-bond acceptors (Lipinski definition) is 4. The molecule has 1 amide bonds. The second-order valence-corrected chi connectivity index (χ2v) is 8.73. The summed E-state index contributed by atoms with van der Waals surface area (Å²) in [5.41, 5.74) is 1.56. The Morgan fingerprint density at radius 1 is 1.18 bits per heavy atom. The molecule has 1 aliphatic heterocycles. The first-order valence-corrected chi connectivity index (χ1v) is 9.98. The Kier molecular flexibility index (Phi) is 5.02. The van der Waals surface area contributed by atoms with Gasteiger partial charge in [-0.05, 0) is 36.5 Å². The number of nitrogens with zero attached hydrogens (tertiary/aromatic N) is 1. The average Bonchev–Trinajstić information content (AvgIpc) is 3.34. The van der Waals surface area contributed by atoms with Crippen LogP contribution in [-0.4, -0.2) is 29.9 Å². The van der Waals surface area contributed by atoms with Gasteiger partial charge in [-0.2, -0.15) is 0 Å². The van der Waals surface area contributed by atoms with Gasteiger partial charge in [-0.15, -0.1) is 0 Å². The van der Waals surface area contributed by atoms with E-state index in [0.717, 1.165) is 42.7 Å². The van der Waals surface area contributed by atoms with Gasteiger partial charge in [0.1, 0.15) is 17.6 Å². The van der Waals surface area contributed by atoms with Crippen LogP contribution in [0.4, 0.5) is 0 Å². The van der Waals surface area contributed by atoms with Crippen molar-refractivity contribution in [3.05, 3.63) is 60.2 Å². The molecule has 3 aromatic rings. The molecule has 2 aromatic heterocycles. The molecule has 0 spiro atoms. The Morgan fingerprint density at radius 3 is 2.57 bits per heavy atom. The zero-order valence-electron chi connectivity index (χ0n) is 16.8. The molecule has 1 aromatic carbocycles. The Hall–Kier alpha value is -2.53. The van der Waals surface area contributed by atoms with Crippen LogP contribution in [0.5, 0.6) is 0 Å². The van der Waals surface area contributed by atoms with Crippen LogP contribution < -0.4 is 5.32 Å². The first kappa shape index (κ1) is 18.8. The number of benzene rings is 1. The average molecular weight is 380 g/mol. The van der Waals surface area contributed by atoms with Crippen LogP contribution in [0, 0.1) is 5.41 Å². The maximum atomic E-state index is 12.5. The minimum absolute atomic E-state index is 0.0115. The lowest BCUT2D eigenvalue weighted by molar-refractivity contribution is 0.0689. The molecule has 1 aliphatic rings. The second kappa shape index (κ2) is 7.47. The molecule has 5 nitrogen and oxygen atoms in total. The van der Waals surface area contributed by atoms with Gasteiger partial charge in [0.25, 0.3) is 5.91 Å². The second-order valence-electron chi connectivity index (χ2n) is 8.73. The highest BCUT2D eigenvalue weighted by Gasteiger charge is 2.33. The van der Waals surface area contributed by atoms with Gasteiger partial charge in [0.15, 0.2) is 0 Å². The van der Waals surface area contributed by atoms with Gasteiger partial charge in [-0.25, -0.2) is 0 Å². The van der Waals surface area contributed by atoms with Gasteiger partial charge in [0.05, 0.1) is 17.9 Å². The van der Waals surface area contributed by atoms with E-state index < -0.39 is 0 Å².